The fraction of sp³-hybridized carbons (Fsp3) is 0.800. The minimum Gasteiger partial charge on any atom is -0.377 e. The molecular formula is C10H19N3O2. The topological polar surface area (TPSA) is 74.2 Å². The van der Waals surface area contributed by atoms with Crippen molar-refractivity contribution in [3.8, 4) is 0 Å². The smallest absolute Gasteiger partial charge is 0.231 e. The van der Waals surface area contributed by atoms with Gasteiger partial charge in [0.05, 0.1) is 5.92 Å². The van der Waals surface area contributed by atoms with E-state index < -0.39 is 0 Å². The summed E-state index contributed by atoms with van der Waals surface area (Å²) in [6.07, 6.45) is 0.963. The monoisotopic (exact) mass is 213 g/mol. The van der Waals surface area contributed by atoms with Gasteiger partial charge in [-0.15, -0.1) is 0 Å². The van der Waals surface area contributed by atoms with E-state index in [4.69, 9.17) is 15.0 Å². The summed E-state index contributed by atoms with van der Waals surface area (Å²) in [5, 5.41) is 3.82. The molecule has 5 heteroatoms. The fourth-order valence-corrected chi connectivity index (χ4v) is 1.49. The van der Waals surface area contributed by atoms with E-state index in [1.165, 1.54) is 0 Å². The Hall–Kier alpha value is -0.940. The summed E-state index contributed by atoms with van der Waals surface area (Å²) in [4.78, 5) is 4.24. The second-order valence-electron chi connectivity index (χ2n) is 4.04. The van der Waals surface area contributed by atoms with Crippen molar-refractivity contribution >= 4 is 0 Å². The van der Waals surface area contributed by atoms with E-state index >= 15 is 0 Å². The van der Waals surface area contributed by atoms with E-state index in [0.29, 0.717) is 30.8 Å². The SMILES string of the molecule is COCc1noc(C(CN)CC(C)C)n1. The Balaban J connectivity index is 2.65. The van der Waals surface area contributed by atoms with Crippen molar-refractivity contribution in [2.24, 2.45) is 11.7 Å². The predicted octanol–water partition coefficient (Wildman–Crippen LogP) is 1.30. The molecule has 0 fully saturated rings. The van der Waals surface area contributed by atoms with Crippen molar-refractivity contribution in [2.75, 3.05) is 13.7 Å². The van der Waals surface area contributed by atoms with E-state index in [1.807, 2.05) is 0 Å². The van der Waals surface area contributed by atoms with Crippen molar-refractivity contribution in [3.63, 3.8) is 0 Å². The normalized spacial score (nSPS) is 13.4. The van der Waals surface area contributed by atoms with E-state index in [2.05, 4.69) is 24.0 Å². The van der Waals surface area contributed by atoms with Gasteiger partial charge in [-0.3, -0.25) is 0 Å². The molecule has 1 rings (SSSR count). The number of hydrogen-bond donors (Lipinski definition) is 1. The van der Waals surface area contributed by atoms with Gasteiger partial charge >= 0.3 is 0 Å². The molecule has 0 saturated heterocycles. The number of ether oxygens (including phenoxy) is 1. The number of nitrogens with zero attached hydrogens (tertiary/aromatic N) is 2. The maximum absolute atomic E-state index is 5.68. The van der Waals surface area contributed by atoms with Gasteiger partial charge in [0.1, 0.15) is 6.61 Å². The minimum atomic E-state index is 0.156. The summed E-state index contributed by atoms with van der Waals surface area (Å²) in [5.74, 6) is 1.92. The molecule has 1 aromatic heterocycles. The van der Waals surface area contributed by atoms with Crippen LogP contribution in [0.15, 0.2) is 4.52 Å². The molecule has 86 valence electrons. The summed E-state index contributed by atoms with van der Waals surface area (Å²) >= 11 is 0. The second-order valence-corrected chi connectivity index (χ2v) is 4.04. The molecule has 1 aromatic rings. The molecular weight excluding hydrogens is 194 g/mol. The third-order valence-corrected chi connectivity index (χ3v) is 2.15. The number of methoxy groups -OCH3 is 1. The Morgan fingerprint density at radius 1 is 1.47 bits per heavy atom. The quantitative estimate of drug-likeness (QED) is 0.771. The maximum Gasteiger partial charge on any atom is 0.231 e. The molecule has 5 nitrogen and oxygen atoms in total. The van der Waals surface area contributed by atoms with Crippen LogP contribution in [0.1, 0.15) is 37.9 Å². The van der Waals surface area contributed by atoms with Gasteiger partial charge < -0.3 is 15.0 Å². The first-order valence-electron chi connectivity index (χ1n) is 5.18. The second kappa shape index (κ2) is 5.82. The van der Waals surface area contributed by atoms with Crippen LogP contribution in [-0.4, -0.2) is 23.8 Å². The summed E-state index contributed by atoms with van der Waals surface area (Å²) in [6, 6.07) is 0. The first-order chi connectivity index (χ1) is 7.17. The highest BCUT2D eigenvalue weighted by Gasteiger charge is 2.18. The van der Waals surface area contributed by atoms with Crippen LogP contribution in [0.5, 0.6) is 0 Å². The summed E-state index contributed by atoms with van der Waals surface area (Å²) in [5.41, 5.74) is 5.68. The molecule has 1 heterocycles. The van der Waals surface area contributed by atoms with E-state index in [1.54, 1.807) is 7.11 Å². The lowest BCUT2D eigenvalue weighted by atomic mass is 9.97. The van der Waals surface area contributed by atoms with Gasteiger partial charge in [-0.05, 0) is 12.3 Å². The molecule has 0 aliphatic heterocycles. The van der Waals surface area contributed by atoms with Crippen LogP contribution in [0.4, 0.5) is 0 Å². The third kappa shape index (κ3) is 3.60. The Morgan fingerprint density at radius 3 is 2.73 bits per heavy atom. The molecule has 0 aromatic carbocycles. The van der Waals surface area contributed by atoms with Crippen LogP contribution in [0.3, 0.4) is 0 Å². The van der Waals surface area contributed by atoms with Crippen LogP contribution in [0.2, 0.25) is 0 Å². The van der Waals surface area contributed by atoms with Crippen LogP contribution in [0, 0.1) is 5.92 Å². The Labute approximate surface area is 90.0 Å². The summed E-state index contributed by atoms with van der Waals surface area (Å²) in [6.45, 7) is 5.21. The number of rotatable bonds is 6. The summed E-state index contributed by atoms with van der Waals surface area (Å²) < 4.78 is 10.1. The molecule has 1 unspecified atom stereocenters. The number of nitrogens with two attached hydrogens (primary N) is 1. The lowest BCUT2D eigenvalue weighted by Gasteiger charge is -2.11. The number of hydrogen-bond acceptors (Lipinski definition) is 5. The predicted molar refractivity (Wildman–Crippen MR) is 56.3 cm³/mol. The molecule has 0 aliphatic rings. The van der Waals surface area contributed by atoms with Crippen molar-refractivity contribution in [2.45, 2.75) is 32.8 Å². The van der Waals surface area contributed by atoms with Crippen molar-refractivity contribution < 1.29 is 9.26 Å². The van der Waals surface area contributed by atoms with E-state index in [-0.39, 0.29) is 5.92 Å². The molecule has 0 saturated carbocycles. The Kier molecular flexibility index (Phi) is 4.71. The van der Waals surface area contributed by atoms with Gasteiger partial charge in [0, 0.05) is 13.7 Å². The first-order valence-corrected chi connectivity index (χ1v) is 5.18. The van der Waals surface area contributed by atoms with Gasteiger partial charge in [0.2, 0.25) is 5.89 Å². The number of aromatic nitrogens is 2. The largest absolute Gasteiger partial charge is 0.377 e. The van der Waals surface area contributed by atoms with Crippen LogP contribution < -0.4 is 5.73 Å². The molecule has 0 aliphatic carbocycles. The average Bonchev–Trinajstić information content (AvgIpc) is 2.63. The molecule has 0 spiro atoms. The molecule has 1 atom stereocenters. The van der Waals surface area contributed by atoms with Crippen LogP contribution in [-0.2, 0) is 11.3 Å². The molecule has 15 heavy (non-hydrogen) atoms. The standard InChI is InChI=1S/C10H19N3O2/c1-7(2)4-8(5-11)10-12-9(6-14-3)13-15-10/h7-8H,4-6,11H2,1-3H3. The Morgan fingerprint density at radius 2 is 2.20 bits per heavy atom. The van der Waals surface area contributed by atoms with Crippen molar-refractivity contribution in [1.82, 2.24) is 10.1 Å². The van der Waals surface area contributed by atoms with E-state index in [0.717, 1.165) is 6.42 Å². The highest BCUT2D eigenvalue weighted by molar-refractivity contribution is 4.94. The lowest BCUT2D eigenvalue weighted by Crippen LogP contribution is -2.15. The van der Waals surface area contributed by atoms with E-state index in [9.17, 15) is 0 Å². The van der Waals surface area contributed by atoms with Crippen LogP contribution >= 0.6 is 0 Å². The van der Waals surface area contributed by atoms with Gasteiger partial charge in [0.15, 0.2) is 5.82 Å². The van der Waals surface area contributed by atoms with Gasteiger partial charge in [0.25, 0.3) is 0 Å². The van der Waals surface area contributed by atoms with Crippen molar-refractivity contribution in [3.05, 3.63) is 11.7 Å². The average molecular weight is 213 g/mol. The fourth-order valence-electron chi connectivity index (χ4n) is 1.49. The highest BCUT2D eigenvalue weighted by atomic mass is 16.5. The van der Waals surface area contributed by atoms with Gasteiger partial charge in [-0.25, -0.2) is 0 Å². The summed E-state index contributed by atoms with van der Waals surface area (Å²) in [7, 11) is 1.60. The zero-order valence-corrected chi connectivity index (χ0v) is 9.56. The molecule has 0 radical (unpaired) electrons. The molecule has 2 N–H and O–H groups in total. The third-order valence-electron chi connectivity index (χ3n) is 2.15. The maximum atomic E-state index is 5.68. The molecule has 0 amide bonds. The zero-order chi connectivity index (χ0) is 11.3. The van der Waals surface area contributed by atoms with Gasteiger partial charge in [-0.2, -0.15) is 4.98 Å². The highest BCUT2D eigenvalue weighted by Crippen LogP contribution is 2.21. The zero-order valence-electron chi connectivity index (χ0n) is 9.56. The Bertz CT molecular complexity index is 286. The minimum absolute atomic E-state index is 0.156. The van der Waals surface area contributed by atoms with Crippen LogP contribution in [0.25, 0.3) is 0 Å². The first kappa shape index (κ1) is 12.1. The lowest BCUT2D eigenvalue weighted by molar-refractivity contribution is 0.174. The van der Waals surface area contributed by atoms with Crippen molar-refractivity contribution in [1.29, 1.82) is 0 Å². The van der Waals surface area contributed by atoms with Gasteiger partial charge in [-0.1, -0.05) is 19.0 Å². The molecule has 0 bridgehead atoms.